The number of nitrogens with zero attached hydrogens (tertiary/aromatic N) is 2. The highest BCUT2D eigenvalue weighted by Crippen LogP contribution is 2.27. The van der Waals surface area contributed by atoms with E-state index in [-0.39, 0.29) is 36.1 Å². The Morgan fingerprint density at radius 1 is 1.31 bits per heavy atom. The van der Waals surface area contributed by atoms with Gasteiger partial charge in [0.2, 0.25) is 15.9 Å². The zero-order chi connectivity index (χ0) is 18.7. The predicted molar refractivity (Wildman–Crippen MR) is 95.9 cm³/mol. The first-order valence-electron chi connectivity index (χ1n) is 9.50. The average Bonchev–Trinajstić information content (AvgIpc) is 3.24. The molecule has 0 aromatic rings. The maximum absolute atomic E-state index is 12.9. The van der Waals surface area contributed by atoms with Gasteiger partial charge in [-0.15, -0.1) is 0 Å². The lowest BCUT2D eigenvalue weighted by molar-refractivity contribution is -0.131. The molecule has 2 atom stereocenters. The Bertz CT molecular complexity index is 632. The number of carbonyl (C=O) groups is 2. The van der Waals surface area contributed by atoms with Crippen LogP contribution in [0.5, 0.6) is 0 Å². The fourth-order valence-corrected chi connectivity index (χ4v) is 5.76. The molecule has 2 amide bonds. The van der Waals surface area contributed by atoms with E-state index in [2.05, 4.69) is 5.32 Å². The SMILES string of the molecule is COCCCN1C(=O)C2CC(NC(=O)C3CCCC3)CN2CCS1(=O)=O. The number of carbonyl (C=O) groups excluding carboxylic acids is 2. The number of amides is 2. The fourth-order valence-electron chi connectivity index (χ4n) is 4.27. The van der Waals surface area contributed by atoms with Gasteiger partial charge in [-0.1, -0.05) is 12.8 Å². The van der Waals surface area contributed by atoms with Crippen molar-refractivity contribution in [1.82, 2.24) is 14.5 Å². The second-order valence-corrected chi connectivity index (χ2v) is 9.52. The van der Waals surface area contributed by atoms with Gasteiger partial charge >= 0.3 is 0 Å². The van der Waals surface area contributed by atoms with Crippen molar-refractivity contribution in [2.24, 2.45) is 5.92 Å². The molecule has 9 heteroatoms. The Balaban J connectivity index is 1.64. The standard InChI is InChI=1S/C17H29N3O5S/c1-25-9-4-7-20-17(22)15-11-14(12-19(15)8-10-26(20,23)24)18-16(21)13-5-2-3-6-13/h13-15H,2-12H2,1H3,(H,18,21). The summed E-state index contributed by atoms with van der Waals surface area (Å²) in [6, 6.07) is -0.553. The number of nitrogens with one attached hydrogen (secondary N) is 1. The molecule has 3 rings (SSSR count). The van der Waals surface area contributed by atoms with Gasteiger partial charge < -0.3 is 10.1 Å². The Morgan fingerprint density at radius 2 is 2.04 bits per heavy atom. The van der Waals surface area contributed by atoms with Crippen LogP contribution in [0.4, 0.5) is 0 Å². The van der Waals surface area contributed by atoms with Crippen LogP contribution in [0.2, 0.25) is 0 Å². The molecule has 3 aliphatic rings. The highest BCUT2D eigenvalue weighted by atomic mass is 32.2. The van der Waals surface area contributed by atoms with Crippen molar-refractivity contribution in [2.75, 3.05) is 39.1 Å². The van der Waals surface area contributed by atoms with Gasteiger partial charge in [0.15, 0.2) is 0 Å². The van der Waals surface area contributed by atoms with Crippen molar-refractivity contribution in [3.05, 3.63) is 0 Å². The highest BCUT2D eigenvalue weighted by Gasteiger charge is 2.45. The molecular formula is C17H29N3O5S. The molecule has 8 nitrogen and oxygen atoms in total. The zero-order valence-corrected chi connectivity index (χ0v) is 16.2. The van der Waals surface area contributed by atoms with Crippen LogP contribution in [0.25, 0.3) is 0 Å². The molecular weight excluding hydrogens is 358 g/mol. The Kier molecular flexibility index (Phi) is 6.19. The van der Waals surface area contributed by atoms with Crippen molar-refractivity contribution in [2.45, 2.75) is 50.6 Å². The smallest absolute Gasteiger partial charge is 0.253 e. The largest absolute Gasteiger partial charge is 0.385 e. The third-order valence-corrected chi connectivity index (χ3v) is 7.42. The van der Waals surface area contributed by atoms with E-state index in [0.29, 0.717) is 32.5 Å². The topological polar surface area (TPSA) is 96.0 Å². The molecule has 1 aliphatic carbocycles. The maximum Gasteiger partial charge on any atom is 0.253 e. The van der Waals surface area contributed by atoms with E-state index in [9.17, 15) is 18.0 Å². The molecule has 0 aromatic heterocycles. The Hall–Kier alpha value is -1.19. The third kappa shape index (κ3) is 4.20. The number of hydrogen-bond donors (Lipinski definition) is 1. The Morgan fingerprint density at radius 3 is 2.73 bits per heavy atom. The van der Waals surface area contributed by atoms with Crippen LogP contribution in [0.3, 0.4) is 0 Å². The summed E-state index contributed by atoms with van der Waals surface area (Å²) in [6.45, 7) is 1.43. The highest BCUT2D eigenvalue weighted by molar-refractivity contribution is 7.89. The summed E-state index contributed by atoms with van der Waals surface area (Å²) in [4.78, 5) is 27.2. The molecule has 2 aliphatic heterocycles. The number of rotatable bonds is 6. The molecule has 26 heavy (non-hydrogen) atoms. The van der Waals surface area contributed by atoms with Gasteiger partial charge in [0.1, 0.15) is 0 Å². The van der Waals surface area contributed by atoms with E-state index in [0.717, 1.165) is 30.0 Å². The van der Waals surface area contributed by atoms with E-state index >= 15 is 0 Å². The second-order valence-electron chi connectivity index (χ2n) is 7.51. The van der Waals surface area contributed by atoms with E-state index in [4.69, 9.17) is 4.74 Å². The lowest BCUT2D eigenvalue weighted by Gasteiger charge is -2.23. The maximum atomic E-state index is 12.9. The minimum Gasteiger partial charge on any atom is -0.385 e. The lowest BCUT2D eigenvalue weighted by atomic mass is 10.1. The number of methoxy groups -OCH3 is 1. The van der Waals surface area contributed by atoms with Crippen LogP contribution in [0.15, 0.2) is 0 Å². The molecule has 148 valence electrons. The van der Waals surface area contributed by atoms with E-state index in [1.54, 1.807) is 7.11 Å². The zero-order valence-electron chi connectivity index (χ0n) is 15.4. The van der Waals surface area contributed by atoms with Crippen LogP contribution in [0.1, 0.15) is 38.5 Å². The van der Waals surface area contributed by atoms with Gasteiger partial charge in [-0.25, -0.2) is 12.7 Å². The summed E-state index contributed by atoms with van der Waals surface area (Å²) in [7, 11) is -2.04. The first-order chi connectivity index (χ1) is 12.4. The number of sulfonamides is 1. The molecule has 0 bridgehead atoms. The van der Waals surface area contributed by atoms with Gasteiger partial charge in [0.05, 0.1) is 11.8 Å². The van der Waals surface area contributed by atoms with Gasteiger partial charge in [-0.3, -0.25) is 14.5 Å². The summed E-state index contributed by atoms with van der Waals surface area (Å²) >= 11 is 0. The van der Waals surface area contributed by atoms with E-state index in [1.165, 1.54) is 0 Å². The fraction of sp³-hybridized carbons (Fsp3) is 0.882. The lowest BCUT2D eigenvalue weighted by Crippen LogP contribution is -2.45. The number of hydrogen-bond acceptors (Lipinski definition) is 6. The van der Waals surface area contributed by atoms with Crippen molar-refractivity contribution >= 4 is 21.8 Å². The summed E-state index contributed by atoms with van der Waals surface area (Å²) in [5.41, 5.74) is 0. The van der Waals surface area contributed by atoms with Gasteiger partial charge in [-0.05, 0) is 25.7 Å². The Labute approximate surface area is 155 Å². The molecule has 2 saturated heterocycles. The van der Waals surface area contributed by atoms with Crippen LogP contribution in [-0.4, -0.2) is 80.6 Å². The number of ether oxygens (including phenoxy) is 1. The van der Waals surface area contributed by atoms with Gasteiger partial charge in [-0.2, -0.15) is 0 Å². The minimum absolute atomic E-state index is 0.0640. The van der Waals surface area contributed by atoms with Crippen LogP contribution in [0, 0.1) is 5.92 Å². The number of fused-ring (bicyclic) bond motifs is 1. The molecule has 0 spiro atoms. The summed E-state index contributed by atoms with van der Waals surface area (Å²) in [5.74, 6) is -0.249. The van der Waals surface area contributed by atoms with Crippen molar-refractivity contribution in [3.8, 4) is 0 Å². The minimum atomic E-state index is -3.59. The first-order valence-corrected chi connectivity index (χ1v) is 11.1. The quantitative estimate of drug-likeness (QED) is 0.642. The van der Waals surface area contributed by atoms with Crippen molar-refractivity contribution in [1.29, 1.82) is 0 Å². The van der Waals surface area contributed by atoms with Gasteiger partial charge in [0.25, 0.3) is 5.91 Å². The van der Waals surface area contributed by atoms with Crippen LogP contribution < -0.4 is 5.32 Å². The molecule has 1 saturated carbocycles. The molecule has 0 aromatic carbocycles. The monoisotopic (exact) mass is 387 g/mol. The molecule has 3 fully saturated rings. The van der Waals surface area contributed by atoms with Crippen molar-refractivity contribution < 1.29 is 22.7 Å². The molecule has 1 N–H and O–H groups in total. The summed E-state index contributed by atoms with van der Waals surface area (Å²) < 4.78 is 30.9. The van der Waals surface area contributed by atoms with Gasteiger partial charge in [0, 0.05) is 45.3 Å². The molecule has 0 radical (unpaired) electrons. The average molecular weight is 388 g/mol. The molecule has 2 unspecified atom stereocenters. The first kappa shape index (κ1) is 19.6. The molecule has 2 heterocycles. The third-order valence-electron chi connectivity index (χ3n) is 5.69. The van der Waals surface area contributed by atoms with Crippen molar-refractivity contribution in [3.63, 3.8) is 0 Å². The second kappa shape index (κ2) is 8.22. The van der Waals surface area contributed by atoms with E-state index in [1.807, 2.05) is 4.90 Å². The van der Waals surface area contributed by atoms with E-state index < -0.39 is 16.1 Å². The normalized spacial score (nSPS) is 29.6. The van der Waals surface area contributed by atoms with Crippen LogP contribution in [-0.2, 0) is 24.3 Å². The predicted octanol–water partition coefficient (Wildman–Crippen LogP) is -0.0558. The summed E-state index contributed by atoms with van der Waals surface area (Å²) in [6.07, 6.45) is 5.05. The van der Waals surface area contributed by atoms with Crippen LogP contribution >= 0.6 is 0 Å². The summed E-state index contributed by atoms with van der Waals surface area (Å²) in [5, 5.41) is 3.09.